The highest BCUT2D eigenvalue weighted by Gasteiger charge is 2.51. The number of hydrogen-bond acceptors (Lipinski definition) is 3. The highest BCUT2D eigenvalue weighted by atomic mass is 14.7. The molecule has 0 unspecified atom stereocenters. The van der Waals surface area contributed by atoms with Gasteiger partial charge in [0, 0.05) is 23.5 Å². The molecule has 1 spiro atoms. The summed E-state index contributed by atoms with van der Waals surface area (Å²) in [5.41, 5.74) is 22.7. The van der Waals surface area contributed by atoms with Crippen LogP contribution in [0.3, 0.4) is 0 Å². The Kier molecular flexibility index (Phi) is 8.45. The Morgan fingerprint density at radius 3 is 1.38 bits per heavy atom. The first-order valence-corrected chi connectivity index (χ1v) is 21.3. The van der Waals surface area contributed by atoms with Crippen LogP contribution in [-0.2, 0) is 5.41 Å². The summed E-state index contributed by atoms with van der Waals surface area (Å²) in [6.07, 6.45) is 3.72. The van der Waals surface area contributed by atoms with Gasteiger partial charge in [0.15, 0.2) is 0 Å². The van der Waals surface area contributed by atoms with Crippen molar-refractivity contribution in [2.75, 3.05) is 0 Å². The molecule has 0 bridgehead atoms. The fourth-order valence-corrected chi connectivity index (χ4v) is 10.1. The van der Waals surface area contributed by atoms with Gasteiger partial charge in [-0.25, -0.2) is 4.98 Å². The van der Waals surface area contributed by atoms with Crippen LogP contribution in [0.1, 0.15) is 27.8 Å². The van der Waals surface area contributed by atoms with E-state index in [1.165, 1.54) is 50.1 Å². The van der Waals surface area contributed by atoms with Gasteiger partial charge < -0.3 is 0 Å². The van der Waals surface area contributed by atoms with Crippen LogP contribution in [0.5, 0.6) is 0 Å². The Labute approximate surface area is 366 Å². The monoisotopic (exact) mass is 799 g/mol. The highest BCUT2D eigenvalue weighted by Crippen LogP contribution is 2.63. The number of hydrogen-bond donors (Lipinski definition) is 0. The summed E-state index contributed by atoms with van der Waals surface area (Å²) in [6, 6.07) is 78.5. The number of aromatic nitrogens is 2. The Morgan fingerprint density at radius 1 is 0.317 bits per heavy atom. The SMILES string of the molecule is N#Cc1ccc2c(c1)C1(c3ccccc3-c3ccccc31)c1cc(-c3cc(-c4ccncc4)cc(-c4cc(-c5ccccc5)nc(-c5ccc(-c6ccccc6)cc5)c4)c3)ccc1-2. The molecule has 0 fully saturated rings. The van der Waals surface area contributed by atoms with Crippen molar-refractivity contribution in [1.29, 1.82) is 5.26 Å². The highest BCUT2D eigenvalue weighted by molar-refractivity contribution is 5.96. The van der Waals surface area contributed by atoms with Gasteiger partial charge in [0.2, 0.25) is 0 Å². The molecular weight excluding hydrogens is 763 g/mol. The molecule has 0 N–H and O–H groups in total. The third-order valence-electron chi connectivity index (χ3n) is 13.0. The first-order chi connectivity index (χ1) is 31.2. The lowest BCUT2D eigenvalue weighted by atomic mass is 9.70. The van der Waals surface area contributed by atoms with Crippen molar-refractivity contribution in [2.45, 2.75) is 5.41 Å². The molecule has 63 heavy (non-hydrogen) atoms. The molecule has 0 radical (unpaired) electrons. The molecule has 8 aromatic carbocycles. The quantitative estimate of drug-likeness (QED) is 0.168. The Balaban J connectivity index is 1.07. The van der Waals surface area contributed by atoms with Crippen molar-refractivity contribution in [2.24, 2.45) is 0 Å². The van der Waals surface area contributed by atoms with Crippen molar-refractivity contribution in [3.63, 3.8) is 0 Å². The van der Waals surface area contributed by atoms with Crippen LogP contribution in [0.2, 0.25) is 0 Å². The van der Waals surface area contributed by atoms with E-state index in [2.05, 4.69) is 205 Å². The van der Waals surface area contributed by atoms with Crippen molar-refractivity contribution < 1.29 is 0 Å². The molecule has 0 amide bonds. The Hall–Kier alpha value is -8.45. The zero-order valence-electron chi connectivity index (χ0n) is 34.2. The van der Waals surface area contributed by atoms with Crippen LogP contribution < -0.4 is 0 Å². The van der Waals surface area contributed by atoms with Gasteiger partial charge in [-0.1, -0.05) is 152 Å². The second-order valence-electron chi connectivity index (χ2n) is 16.4. The largest absolute Gasteiger partial charge is 0.265 e. The van der Waals surface area contributed by atoms with E-state index in [1.54, 1.807) is 0 Å². The maximum Gasteiger partial charge on any atom is 0.0991 e. The van der Waals surface area contributed by atoms with Gasteiger partial charge in [-0.15, -0.1) is 0 Å². The molecule has 0 saturated heterocycles. The summed E-state index contributed by atoms with van der Waals surface area (Å²) < 4.78 is 0. The fourth-order valence-electron chi connectivity index (χ4n) is 10.1. The summed E-state index contributed by atoms with van der Waals surface area (Å²) in [7, 11) is 0. The second kappa shape index (κ2) is 14.6. The van der Waals surface area contributed by atoms with Crippen LogP contribution in [0.25, 0.3) is 89.3 Å². The van der Waals surface area contributed by atoms with Crippen molar-refractivity contribution in [3.8, 4) is 95.3 Å². The predicted molar refractivity (Wildman–Crippen MR) is 256 cm³/mol. The topological polar surface area (TPSA) is 49.6 Å². The van der Waals surface area contributed by atoms with Crippen LogP contribution >= 0.6 is 0 Å². The molecule has 2 aliphatic rings. The normalized spacial score (nSPS) is 12.6. The van der Waals surface area contributed by atoms with E-state index in [0.29, 0.717) is 5.56 Å². The number of benzene rings is 8. The minimum Gasteiger partial charge on any atom is -0.265 e. The molecule has 0 saturated carbocycles. The molecular formula is C60H37N3. The van der Waals surface area contributed by atoms with Crippen LogP contribution in [-0.4, -0.2) is 9.97 Å². The van der Waals surface area contributed by atoms with Crippen LogP contribution in [0, 0.1) is 11.3 Å². The summed E-state index contributed by atoms with van der Waals surface area (Å²) in [5, 5.41) is 10.2. The number of nitrogens with zero attached hydrogens (tertiary/aromatic N) is 3. The number of nitriles is 1. The molecule has 0 atom stereocenters. The van der Waals surface area contributed by atoms with Gasteiger partial charge >= 0.3 is 0 Å². The van der Waals surface area contributed by atoms with Gasteiger partial charge in [-0.05, 0) is 150 Å². The van der Waals surface area contributed by atoms with Gasteiger partial charge in [0.25, 0.3) is 0 Å². The van der Waals surface area contributed by atoms with Gasteiger partial charge in [-0.2, -0.15) is 5.26 Å². The summed E-state index contributed by atoms with van der Waals surface area (Å²) in [6.45, 7) is 0. The van der Waals surface area contributed by atoms with E-state index in [9.17, 15) is 5.26 Å². The fraction of sp³-hybridized carbons (Fsp3) is 0.0167. The van der Waals surface area contributed by atoms with E-state index >= 15 is 0 Å². The number of rotatable bonds is 6. The van der Waals surface area contributed by atoms with Gasteiger partial charge in [0.05, 0.1) is 28.4 Å². The van der Waals surface area contributed by atoms with E-state index in [1.807, 2.05) is 30.6 Å². The number of pyridine rings is 2. The summed E-state index contributed by atoms with van der Waals surface area (Å²) in [4.78, 5) is 9.65. The third-order valence-corrected chi connectivity index (χ3v) is 13.0. The van der Waals surface area contributed by atoms with Crippen molar-refractivity contribution in [1.82, 2.24) is 9.97 Å². The first kappa shape index (κ1) is 36.4. The first-order valence-electron chi connectivity index (χ1n) is 21.3. The van der Waals surface area contributed by atoms with Crippen molar-refractivity contribution in [3.05, 3.63) is 253 Å². The lowest BCUT2D eigenvalue weighted by molar-refractivity contribution is 0.793. The molecule has 2 aliphatic carbocycles. The summed E-state index contributed by atoms with van der Waals surface area (Å²) >= 11 is 0. The molecule has 2 aromatic heterocycles. The van der Waals surface area contributed by atoms with E-state index < -0.39 is 5.41 Å². The van der Waals surface area contributed by atoms with E-state index in [-0.39, 0.29) is 0 Å². The lowest BCUT2D eigenvalue weighted by Gasteiger charge is -2.30. The standard InChI is InChI=1S/C60H37N3/c61-38-39-19-25-52-53-26-24-45(35-57(53)60(56(52)31-39)54-17-9-7-15-50(54)51-16-8-10-18-55(51)60)47-32-46(42-27-29-62-30-28-42)33-48(34-47)49-36-58(43-13-5-2-6-14-43)63-59(37-49)44-22-20-41(21-23-44)40-11-3-1-4-12-40/h1-37H. The Bertz CT molecular complexity index is 3390. The van der Waals surface area contributed by atoms with Crippen LogP contribution in [0.15, 0.2) is 225 Å². The third kappa shape index (κ3) is 5.88. The predicted octanol–water partition coefficient (Wildman–Crippen LogP) is 14.7. The minimum atomic E-state index is -0.576. The molecule has 0 aliphatic heterocycles. The van der Waals surface area contributed by atoms with Crippen LogP contribution in [0.4, 0.5) is 0 Å². The minimum absolute atomic E-state index is 0.576. The lowest BCUT2D eigenvalue weighted by Crippen LogP contribution is -2.26. The molecule has 3 heteroatoms. The maximum absolute atomic E-state index is 10.2. The van der Waals surface area contributed by atoms with E-state index in [4.69, 9.17) is 4.98 Å². The van der Waals surface area contributed by atoms with Crippen molar-refractivity contribution >= 4 is 0 Å². The summed E-state index contributed by atoms with van der Waals surface area (Å²) in [5.74, 6) is 0. The number of fused-ring (bicyclic) bond motifs is 10. The molecule has 10 aromatic rings. The van der Waals surface area contributed by atoms with E-state index in [0.717, 1.165) is 61.5 Å². The zero-order valence-corrected chi connectivity index (χ0v) is 34.2. The van der Waals surface area contributed by atoms with Gasteiger partial charge in [0.1, 0.15) is 0 Å². The average Bonchev–Trinajstić information content (AvgIpc) is 3.83. The second-order valence-corrected chi connectivity index (χ2v) is 16.4. The zero-order chi connectivity index (χ0) is 41.9. The Morgan fingerprint density at radius 2 is 0.746 bits per heavy atom. The molecule has 292 valence electrons. The molecule has 2 heterocycles. The van der Waals surface area contributed by atoms with Gasteiger partial charge in [-0.3, -0.25) is 4.98 Å². The molecule has 3 nitrogen and oxygen atoms in total. The smallest absolute Gasteiger partial charge is 0.0991 e. The maximum atomic E-state index is 10.2. The average molecular weight is 800 g/mol. The molecule has 12 rings (SSSR count).